The van der Waals surface area contributed by atoms with Crippen molar-refractivity contribution < 1.29 is 125 Å². The van der Waals surface area contributed by atoms with Gasteiger partial charge in [0.15, 0.2) is 0 Å². The van der Waals surface area contributed by atoms with E-state index < -0.39 is 59.2 Å². The number of hydrogen-bond acceptors (Lipinski definition) is 14. The molecule has 2 unspecified atom stereocenters. The molecule has 0 aliphatic rings. The Kier molecular flexibility index (Phi) is 84.0. The van der Waals surface area contributed by atoms with Crippen molar-refractivity contribution in [3.8, 4) is 0 Å². The van der Waals surface area contributed by atoms with Crippen LogP contribution in [0.3, 0.4) is 0 Å². The number of unbranched alkanes of at least 4 members (excludes halogenated alkanes) is 50. The Labute approximate surface area is 652 Å². The molecule has 0 aliphatic heterocycles. The number of carbonyl (C=O) groups excluding carboxylic acids is 4. The molecular weight excluding hydrogens is 1310 g/mol. The molecule has 0 bridgehead atoms. The molecule has 22 heteroatoms. The van der Waals surface area contributed by atoms with Gasteiger partial charge in [0, 0.05) is 39.1 Å². The van der Waals surface area contributed by atoms with Crippen molar-refractivity contribution in [2.45, 2.75) is 406 Å². The average molecular weight is 1470 g/mol. The maximum Gasteiger partial charge on any atom is 1.00 e. The largest absolute Gasteiger partial charge is 1.00 e. The van der Waals surface area contributed by atoms with Gasteiger partial charge in [0.05, 0.1) is 51.7 Å². The van der Waals surface area contributed by atoms with Gasteiger partial charge in [-0.05, 0) is 25.7 Å². The van der Waals surface area contributed by atoms with E-state index >= 15 is 0 Å². The standard InChI is InChI=1S/C77H154N4O14P2.2Na/c1-5-9-13-17-21-25-29-31-33-35-37-41-45-49-53-57-63-90-68-72(80-74(82)59-55-51-47-43-39-27-23-19-15-11-7-3)70-94-96(86,87)92-65-61-78-76(84)67-77(85)79-62-66-93-97(88,89)95-71-73(81-75(83)60-56-52-48-44-40-28-24-20-16-12-8-4)69-91-64-58-54-50-46-42-38-36-34-32-30-26-22-18-14-10-6-2;;/h72-73H,5-71H2,1-4H3,(H,78,84)(H,79,85)(H,80,82)(H,81,83)(H,86,87)(H,88,89);;/q;2*+1/p-2/t72-,73-;;/m0../s1. The zero-order valence-electron chi connectivity index (χ0n) is 65.1. The fourth-order valence-electron chi connectivity index (χ4n) is 12.1. The van der Waals surface area contributed by atoms with E-state index in [1.165, 1.54) is 257 Å². The topological polar surface area (TPSA) is 252 Å². The van der Waals surface area contributed by atoms with Crippen LogP contribution in [-0.2, 0) is 55.9 Å². The quantitative estimate of drug-likeness (QED) is 0.0191. The summed E-state index contributed by atoms with van der Waals surface area (Å²) in [5, 5.41) is 10.7. The minimum absolute atomic E-state index is 0. The van der Waals surface area contributed by atoms with E-state index in [-0.39, 0.29) is 110 Å². The summed E-state index contributed by atoms with van der Waals surface area (Å²) in [6, 6.07) is -1.45. The van der Waals surface area contributed by atoms with Gasteiger partial charge in [-0.1, -0.05) is 349 Å². The summed E-state index contributed by atoms with van der Waals surface area (Å²) in [6.07, 6.45) is 66.2. The summed E-state index contributed by atoms with van der Waals surface area (Å²) in [4.78, 5) is 76.8. The molecule has 4 amide bonds. The molecule has 4 atom stereocenters. The van der Waals surface area contributed by atoms with E-state index in [4.69, 9.17) is 27.6 Å². The normalized spacial score (nSPS) is 13.2. The second-order valence-electron chi connectivity index (χ2n) is 27.9. The van der Waals surface area contributed by atoms with Gasteiger partial charge in [0.2, 0.25) is 23.6 Å². The molecule has 0 radical (unpaired) electrons. The monoisotopic (exact) mass is 1470 g/mol. The van der Waals surface area contributed by atoms with E-state index in [1.807, 2.05) is 0 Å². The summed E-state index contributed by atoms with van der Waals surface area (Å²) in [6.45, 7) is 7.87. The fraction of sp³-hybridized carbons (Fsp3) is 0.948. The molecule has 0 saturated carbocycles. The molecule has 576 valence electrons. The van der Waals surface area contributed by atoms with Crippen LogP contribution in [0.15, 0.2) is 0 Å². The fourth-order valence-corrected chi connectivity index (χ4v) is 13.6. The number of hydrogen-bond donors (Lipinski definition) is 4. The molecule has 99 heavy (non-hydrogen) atoms. The van der Waals surface area contributed by atoms with Gasteiger partial charge in [-0.25, -0.2) is 0 Å². The second kappa shape index (κ2) is 80.6. The van der Waals surface area contributed by atoms with Gasteiger partial charge < -0.3 is 58.6 Å². The first kappa shape index (κ1) is 103. The summed E-state index contributed by atoms with van der Waals surface area (Å²) < 4.78 is 57.9. The maximum absolute atomic E-state index is 13.0. The molecule has 0 aliphatic carbocycles. The molecule has 0 fully saturated rings. The Morgan fingerprint density at radius 2 is 0.495 bits per heavy atom. The van der Waals surface area contributed by atoms with E-state index in [0.29, 0.717) is 26.1 Å². The third kappa shape index (κ3) is 80.4. The van der Waals surface area contributed by atoms with Crippen LogP contribution in [-0.4, -0.2) is 102 Å². The maximum atomic E-state index is 13.0. The number of phosphoric ester groups is 2. The number of amides is 4. The second-order valence-corrected chi connectivity index (χ2v) is 30.7. The van der Waals surface area contributed by atoms with E-state index in [2.05, 4.69) is 49.0 Å². The van der Waals surface area contributed by atoms with Gasteiger partial charge in [-0.15, -0.1) is 0 Å². The summed E-state index contributed by atoms with van der Waals surface area (Å²) in [5.41, 5.74) is 0. The Bertz CT molecular complexity index is 1730. The van der Waals surface area contributed by atoms with Crippen LogP contribution < -0.4 is 90.2 Å². The minimum Gasteiger partial charge on any atom is -0.756 e. The van der Waals surface area contributed by atoms with Crippen molar-refractivity contribution in [1.29, 1.82) is 0 Å². The van der Waals surface area contributed by atoms with Gasteiger partial charge in [0.1, 0.15) is 6.42 Å². The number of ether oxygens (including phenoxy) is 2. The average Bonchev–Trinajstić information content (AvgIpc) is 1.17. The first-order valence-electron chi connectivity index (χ1n) is 40.7. The van der Waals surface area contributed by atoms with Gasteiger partial charge in [-0.2, -0.15) is 0 Å². The molecule has 0 aromatic heterocycles. The minimum atomic E-state index is -4.87. The van der Waals surface area contributed by atoms with Crippen LogP contribution in [0.2, 0.25) is 0 Å². The summed E-state index contributed by atoms with van der Waals surface area (Å²) >= 11 is 0. The predicted molar refractivity (Wildman–Crippen MR) is 396 cm³/mol. The molecular formula is C77H152N4Na2O14P2. The van der Waals surface area contributed by atoms with Crippen molar-refractivity contribution in [3.63, 3.8) is 0 Å². The van der Waals surface area contributed by atoms with Crippen LogP contribution in [0.25, 0.3) is 0 Å². The van der Waals surface area contributed by atoms with Crippen LogP contribution in [0, 0.1) is 0 Å². The molecule has 0 heterocycles. The summed E-state index contributed by atoms with van der Waals surface area (Å²) in [5.74, 6) is -1.84. The first-order chi connectivity index (χ1) is 47.3. The van der Waals surface area contributed by atoms with Crippen molar-refractivity contribution in [2.75, 3.05) is 65.9 Å². The van der Waals surface area contributed by atoms with Gasteiger partial charge in [-0.3, -0.25) is 28.3 Å². The Morgan fingerprint density at radius 1 is 0.283 bits per heavy atom. The number of carbonyl (C=O) groups is 4. The van der Waals surface area contributed by atoms with E-state index in [1.54, 1.807) is 0 Å². The third-order valence-corrected chi connectivity index (χ3v) is 20.1. The van der Waals surface area contributed by atoms with Crippen LogP contribution in [0.4, 0.5) is 0 Å². The molecule has 4 N–H and O–H groups in total. The van der Waals surface area contributed by atoms with Gasteiger partial charge in [0.25, 0.3) is 15.6 Å². The van der Waals surface area contributed by atoms with Crippen molar-refractivity contribution in [1.82, 2.24) is 21.3 Å². The SMILES string of the molecule is CCCCCCCCCCCCCCCCCCOC[C@@H](COP(=O)([O-])OCCNC(=O)CC(=O)NCCOP(=O)([O-])OC[C@H](COCCCCCCCCCCCCCCCCCC)NC(=O)CCCCCCCCCCCCC)NC(=O)CCCCCCCCCCCCC.[Na+].[Na+]. The molecule has 0 rings (SSSR count). The van der Waals surface area contributed by atoms with Crippen LogP contribution in [0.5, 0.6) is 0 Å². The molecule has 0 spiro atoms. The Hall–Kier alpha value is 0.0200. The van der Waals surface area contributed by atoms with E-state index in [9.17, 15) is 38.1 Å². The Morgan fingerprint density at radius 3 is 0.727 bits per heavy atom. The van der Waals surface area contributed by atoms with Crippen molar-refractivity contribution >= 4 is 39.3 Å². The zero-order chi connectivity index (χ0) is 70.9. The predicted octanol–water partition coefficient (Wildman–Crippen LogP) is 13.5. The molecule has 0 aromatic rings. The molecule has 18 nitrogen and oxygen atoms in total. The first-order valence-corrected chi connectivity index (χ1v) is 43.7. The third-order valence-electron chi connectivity index (χ3n) is 18.2. The molecule has 0 aromatic carbocycles. The smallest absolute Gasteiger partial charge is 0.756 e. The number of nitrogens with one attached hydrogen (secondary N) is 4. The van der Waals surface area contributed by atoms with Crippen molar-refractivity contribution in [3.05, 3.63) is 0 Å². The number of phosphoric acid groups is 2. The van der Waals surface area contributed by atoms with Gasteiger partial charge >= 0.3 is 59.1 Å². The zero-order valence-corrected chi connectivity index (χ0v) is 70.9. The Balaban J connectivity index is -0.0000461. The van der Waals surface area contributed by atoms with Crippen molar-refractivity contribution in [2.24, 2.45) is 0 Å². The molecule has 0 saturated heterocycles. The number of rotatable bonds is 80. The van der Waals surface area contributed by atoms with Crippen LogP contribution in [0.1, 0.15) is 394 Å². The summed E-state index contributed by atoms with van der Waals surface area (Å²) in [7, 11) is -9.74. The van der Waals surface area contributed by atoms with E-state index in [0.717, 1.165) is 89.9 Å². The van der Waals surface area contributed by atoms with Crippen LogP contribution >= 0.6 is 15.6 Å².